The molecule has 0 spiro atoms. The molecule has 0 atom stereocenters. The van der Waals surface area contributed by atoms with E-state index in [1.165, 1.54) is 98.8 Å². The summed E-state index contributed by atoms with van der Waals surface area (Å²) in [4.78, 5) is 0. The van der Waals surface area contributed by atoms with Gasteiger partial charge >= 0.3 is 0 Å². The molecule has 0 aliphatic heterocycles. The minimum atomic E-state index is 1.13. The summed E-state index contributed by atoms with van der Waals surface area (Å²) in [5.74, 6) is 0. The summed E-state index contributed by atoms with van der Waals surface area (Å²) < 4.78 is 7.33. The standard InChI is InChI=1S/C60H39N3/c1-4-14-40(15-5-1)42-24-30-47(31-25-42)61-54-22-12-11-21-50(54)52-38-44(28-35-56(52)61)45-29-36-57-53(39-45)59-58(62(57)48-32-26-43(27-33-48)41-16-6-2-7-17-41)37-34-51-49-20-10-13-23-55(49)63(60(51)59)46-18-8-3-9-19-46/h1-39H. The molecule has 294 valence electrons. The monoisotopic (exact) mass is 801 g/mol. The molecule has 13 rings (SSSR count). The molecule has 13 aromatic rings. The van der Waals surface area contributed by atoms with Crippen LogP contribution in [0.5, 0.6) is 0 Å². The van der Waals surface area contributed by atoms with Crippen LogP contribution >= 0.6 is 0 Å². The van der Waals surface area contributed by atoms with Crippen LogP contribution < -0.4 is 0 Å². The zero-order chi connectivity index (χ0) is 41.4. The van der Waals surface area contributed by atoms with E-state index in [0.29, 0.717) is 0 Å². The summed E-state index contributed by atoms with van der Waals surface area (Å²) in [6.45, 7) is 0. The largest absolute Gasteiger partial charge is 0.309 e. The van der Waals surface area contributed by atoms with E-state index in [9.17, 15) is 0 Å². The van der Waals surface area contributed by atoms with E-state index in [1.807, 2.05) is 0 Å². The maximum Gasteiger partial charge on any atom is 0.0641 e. The Labute approximate surface area is 364 Å². The van der Waals surface area contributed by atoms with Crippen molar-refractivity contribution in [2.24, 2.45) is 0 Å². The molecule has 0 saturated heterocycles. The van der Waals surface area contributed by atoms with Gasteiger partial charge < -0.3 is 13.7 Å². The summed E-state index contributed by atoms with van der Waals surface area (Å²) in [5.41, 5.74) is 17.8. The van der Waals surface area contributed by atoms with Crippen LogP contribution in [0.3, 0.4) is 0 Å². The van der Waals surface area contributed by atoms with Gasteiger partial charge in [-0.05, 0) is 112 Å². The van der Waals surface area contributed by atoms with Gasteiger partial charge in [-0.3, -0.25) is 0 Å². The molecule has 0 amide bonds. The number of nitrogens with zero attached hydrogens (tertiary/aromatic N) is 3. The highest BCUT2D eigenvalue weighted by Crippen LogP contribution is 2.44. The van der Waals surface area contributed by atoms with Gasteiger partial charge in [0.1, 0.15) is 0 Å². The zero-order valence-corrected chi connectivity index (χ0v) is 34.4. The minimum absolute atomic E-state index is 1.13. The highest BCUT2D eigenvalue weighted by atomic mass is 15.0. The Kier molecular flexibility index (Phi) is 7.91. The van der Waals surface area contributed by atoms with Crippen molar-refractivity contribution in [3.8, 4) is 50.4 Å². The van der Waals surface area contributed by atoms with E-state index in [1.54, 1.807) is 0 Å². The molecule has 3 heterocycles. The first kappa shape index (κ1) is 35.4. The van der Waals surface area contributed by atoms with E-state index in [-0.39, 0.29) is 0 Å². The summed E-state index contributed by atoms with van der Waals surface area (Å²) >= 11 is 0. The Balaban J connectivity index is 1.04. The van der Waals surface area contributed by atoms with Crippen molar-refractivity contribution in [1.82, 2.24) is 13.7 Å². The number of benzene rings is 10. The predicted octanol–water partition coefficient (Wildman–Crippen LogP) is 16.0. The molecule has 0 saturated carbocycles. The maximum absolute atomic E-state index is 2.47. The minimum Gasteiger partial charge on any atom is -0.309 e. The van der Waals surface area contributed by atoms with Crippen molar-refractivity contribution < 1.29 is 0 Å². The topological polar surface area (TPSA) is 14.8 Å². The molecule has 63 heavy (non-hydrogen) atoms. The first-order valence-electron chi connectivity index (χ1n) is 21.7. The van der Waals surface area contributed by atoms with Gasteiger partial charge in [0.25, 0.3) is 0 Å². The predicted molar refractivity (Wildman–Crippen MR) is 266 cm³/mol. The van der Waals surface area contributed by atoms with Crippen LogP contribution in [-0.2, 0) is 0 Å². The molecular weight excluding hydrogens is 763 g/mol. The Bertz CT molecular complexity index is 3850. The first-order valence-corrected chi connectivity index (χ1v) is 21.7. The fraction of sp³-hybridized carbons (Fsp3) is 0. The van der Waals surface area contributed by atoms with Gasteiger partial charge in [-0.2, -0.15) is 0 Å². The summed E-state index contributed by atoms with van der Waals surface area (Å²) in [6.07, 6.45) is 0. The molecule has 3 aromatic heterocycles. The van der Waals surface area contributed by atoms with Crippen molar-refractivity contribution in [2.45, 2.75) is 0 Å². The van der Waals surface area contributed by atoms with Crippen molar-refractivity contribution in [1.29, 1.82) is 0 Å². The van der Waals surface area contributed by atoms with Crippen LogP contribution in [0.1, 0.15) is 0 Å². The highest BCUT2D eigenvalue weighted by molar-refractivity contribution is 6.26. The van der Waals surface area contributed by atoms with E-state index in [4.69, 9.17) is 0 Å². The van der Waals surface area contributed by atoms with Crippen LogP contribution in [0.4, 0.5) is 0 Å². The SMILES string of the molecule is c1ccc(-c2ccc(-n3c4ccccc4c4cc(-c5ccc6c(c5)c5c(ccc7c8ccccc8n(-c8ccccc8)c75)n6-c5ccc(-c6ccccc6)cc5)ccc43)cc2)cc1. The Morgan fingerprint density at radius 1 is 0.206 bits per heavy atom. The average Bonchev–Trinajstić information content (AvgIpc) is 4.00. The molecule has 0 aliphatic carbocycles. The zero-order valence-electron chi connectivity index (χ0n) is 34.4. The van der Waals surface area contributed by atoms with Crippen LogP contribution in [0.25, 0.3) is 116 Å². The normalized spacial score (nSPS) is 11.8. The third-order valence-electron chi connectivity index (χ3n) is 13.0. The lowest BCUT2D eigenvalue weighted by molar-refractivity contribution is 1.17. The first-order chi connectivity index (χ1) is 31.3. The fourth-order valence-corrected chi connectivity index (χ4v) is 10.2. The summed E-state index contributed by atoms with van der Waals surface area (Å²) in [7, 11) is 0. The number of fused-ring (bicyclic) bond motifs is 10. The van der Waals surface area contributed by atoms with Crippen LogP contribution in [0.2, 0.25) is 0 Å². The molecule has 10 aromatic carbocycles. The molecule has 0 bridgehead atoms. The third-order valence-corrected chi connectivity index (χ3v) is 13.0. The van der Waals surface area contributed by atoms with Crippen molar-refractivity contribution in [3.63, 3.8) is 0 Å². The third kappa shape index (κ3) is 5.53. The van der Waals surface area contributed by atoms with E-state index in [2.05, 4.69) is 250 Å². The van der Waals surface area contributed by atoms with Crippen molar-refractivity contribution >= 4 is 65.4 Å². The summed E-state index contributed by atoms with van der Waals surface area (Å²) in [5, 5.41) is 7.44. The molecule has 3 heteroatoms. The highest BCUT2D eigenvalue weighted by Gasteiger charge is 2.22. The maximum atomic E-state index is 2.47. The van der Waals surface area contributed by atoms with Gasteiger partial charge in [-0.15, -0.1) is 0 Å². The molecule has 0 unspecified atom stereocenters. The Morgan fingerprint density at radius 2 is 0.587 bits per heavy atom. The van der Waals surface area contributed by atoms with Gasteiger partial charge in [0, 0.05) is 49.4 Å². The van der Waals surface area contributed by atoms with Gasteiger partial charge in [-0.1, -0.05) is 158 Å². The molecule has 0 aliphatic rings. The fourth-order valence-electron chi connectivity index (χ4n) is 10.2. The number of aromatic nitrogens is 3. The van der Waals surface area contributed by atoms with Crippen LogP contribution in [0, 0.1) is 0 Å². The molecule has 3 nitrogen and oxygen atoms in total. The van der Waals surface area contributed by atoms with Crippen LogP contribution in [0.15, 0.2) is 237 Å². The Morgan fingerprint density at radius 3 is 1.17 bits per heavy atom. The number of rotatable bonds is 6. The van der Waals surface area contributed by atoms with Gasteiger partial charge in [0.05, 0.1) is 33.1 Å². The smallest absolute Gasteiger partial charge is 0.0641 e. The molecule has 0 N–H and O–H groups in total. The average molecular weight is 802 g/mol. The van der Waals surface area contributed by atoms with Gasteiger partial charge in [-0.25, -0.2) is 0 Å². The lowest BCUT2D eigenvalue weighted by Gasteiger charge is -2.11. The summed E-state index contributed by atoms with van der Waals surface area (Å²) in [6, 6.07) is 86.4. The van der Waals surface area contributed by atoms with Crippen molar-refractivity contribution in [3.05, 3.63) is 237 Å². The number of hydrogen-bond acceptors (Lipinski definition) is 0. The molecule has 0 radical (unpaired) electrons. The second-order valence-electron chi connectivity index (χ2n) is 16.5. The van der Waals surface area contributed by atoms with Crippen molar-refractivity contribution in [2.75, 3.05) is 0 Å². The van der Waals surface area contributed by atoms with Gasteiger partial charge in [0.2, 0.25) is 0 Å². The van der Waals surface area contributed by atoms with E-state index >= 15 is 0 Å². The molecule has 0 fully saturated rings. The van der Waals surface area contributed by atoms with E-state index in [0.717, 1.165) is 17.1 Å². The van der Waals surface area contributed by atoms with Gasteiger partial charge in [0.15, 0.2) is 0 Å². The Hall–Kier alpha value is -8.40. The van der Waals surface area contributed by atoms with Crippen LogP contribution in [-0.4, -0.2) is 13.7 Å². The second kappa shape index (κ2) is 14.1. The van der Waals surface area contributed by atoms with E-state index < -0.39 is 0 Å². The lowest BCUT2D eigenvalue weighted by atomic mass is 10.00. The number of para-hydroxylation sites is 3. The second-order valence-corrected chi connectivity index (χ2v) is 16.5. The molecular formula is C60H39N3. The quantitative estimate of drug-likeness (QED) is 0.159. The number of hydrogen-bond donors (Lipinski definition) is 0. The lowest BCUT2D eigenvalue weighted by Crippen LogP contribution is -1.95.